The van der Waals surface area contributed by atoms with E-state index in [1.165, 1.54) is 0 Å². The summed E-state index contributed by atoms with van der Waals surface area (Å²) < 4.78 is 160. The summed E-state index contributed by atoms with van der Waals surface area (Å²) in [5.41, 5.74) is 1.51. The summed E-state index contributed by atoms with van der Waals surface area (Å²) in [5.74, 6) is -26.5. The van der Waals surface area contributed by atoms with Gasteiger partial charge in [0, 0.05) is 11.7 Å². The summed E-state index contributed by atoms with van der Waals surface area (Å²) >= 11 is 0. The topological polar surface area (TPSA) is 9.23 Å². The lowest BCUT2D eigenvalue weighted by atomic mass is 9.29. The fourth-order valence-electron chi connectivity index (χ4n) is 8.65. The second-order valence-electron chi connectivity index (χ2n) is 13.7. The molecule has 0 N–H and O–H groups in total. The van der Waals surface area contributed by atoms with Crippen molar-refractivity contribution in [3.05, 3.63) is 152 Å². The Labute approximate surface area is 294 Å². The van der Waals surface area contributed by atoms with Gasteiger partial charge in [-0.25, -0.2) is 43.9 Å². The summed E-state index contributed by atoms with van der Waals surface area (Å²) in [5, 5.41) is 1.50. The number of rotatable bonds is 5. The van der Waals surface area contributed by atoms with E-state index in [1.807, 2.05) is 65.8 Å². The lowest BCUT2D eigenvalue weighted by Crippen LogP contribution is -2.69. The lowest BCUT2D eigenvalue weighted by Gasteiger charge is -2.54. The van der Waals surface area contributed by atoms with Gasteiger partial charge in [-0.3, -0.25) is 0 Å². The van der Waals surface area contributed by atoms with E-state index < -0.39 is 94.9 Å². The number of benzene rings is 5. The van der Waals surface area contributed by atoms with Gasteiger partial charge in [-0.2, -0.15) is 0 Å². The highest BCUT2D eigenvalue weighted by Crippen LogP contribution is 2.73. The van der Waals surface area contributed by atoms with Crippen LogP contribution in [0.2, 0.25) is 6.32 Å². The van der Waals surface area contributed by atoms with Crippen molar-refractivity contribution < 1.29 is 48.6 Å². The lowest BCUT2D eigenvalue weighted by molar-refractivity contribution is 0.273. The molecule has 0 aromatic heterocycles. The van der Waals surface area contributed by atoms with E-state index in [-0.39, 0.29) is 11.7 Å². The van der Waals surface area contributed by atoms with E-state index >= 15 is 35.1 Å². The van der Waals surface area contributed by atoms with Gasteiger partial charge in [-0.15, -0.1) is 6.32 Å². The van der Waals surface area contributed by atoms with Crippen LogP contribution >= 0.6 is 7.26 Å². The van der Waals surface area contributed by atoms with E-state index in [9.17, 15) is 8.78 Å². The molecule has 5 aromatic rings. The molecule has 52 heavy (non-hydrogen) atoms. The quantitative estimate of drug-likeness (QED) is 0.0573. The molecule has 1 saturated heterocycles. The number of halogens is 10. The molecule has 1 aliphatic heterocycles. The van der Waals surface area contributed by atoms with E-state index in [1.54, 1.807) is 30.3 Å². The first-order chi connectivity index (χ1) is 24.4. The van der Waals surface area contributed by atoms with E-state index in [0.717, 1.165) is 44.0 Å². The summed E-state index contributed by atoms with van der Waals surface area (Å²) in [6.45, 7) is 11.1. The van der Waals surface area contributed by atoms with Gasteiger partial charge in [0.1, 0.15) is 41.1 Å². The maximum atomic E-state index is 16.1. The fraction of sp³-hybridized carbons (Fsp3) is 0.231. The standard InChI is InChI=1S/C39H32BF10OP/c1-18-14-20(3)37(21(4)15-18)52(38-22(5)16-19(2)17-23(38)6)13-12-40(51-39(52)24-10-8-7-9-11-24,25-27(41)31(45)35(49)32(46)28(25)42)26-29(43)33(47)36(50)34(48)30(26)44/h7-11,14-17,39H,12-13H2,1-6H3. The minimum atomic E-state index is -4.47. The summed E-state index contributed by atoms with van der Waals surface area (Å²) in [6.07, 6.45) is -5.63. The van der Waals surface area contributed by atoms with Gasteiger partial charge in [0.25, 0.3) is 0 Å². The van der Waals surface area contributed by atoms with Crippen molar-refractivity contribution in [1.29, 1.82) is 0 Å². The third-order valence-electron chi connectivity index (χ3n) is 10.2. The van der Waals surface area contributed by atoms with Crippen LogP contribution in [0.3, 0.4) is 0 Å². The van der Waals surface area contributed by atoms with E-state index in [4.69, 9.17) is 4.65 Å². The van der Waals surface area contributed by atoms with Crippen molar-refractivity contribution in [2.24, 2.45) is 0 Å². The summed E-state index contributed by atoms with van der Waals surface area (Å²) in [7, 11) is -3.28. The van der Waals surface area contributed by atoms with Gasteiger partial charge in [0.2, 0.25) is 0 Å². The van der Waals surface area contributed by atoms with Crippen LogP contribution in [0.25, 0.3) is 0 Å². The SMILES string of the molecule is Cc1cc(C)c([P+]2(c3c(C)cc(C)cc3C)CC[B-](c3c(F)c(F)c(F)c(F)c3F)(c3c(F)c(F)c(F)c(F)c3F)OC2c2ccccc2)c(C)c1. The maximum Gasteiger partial charge on any atom is 0.200 e. The smallest absolute Gasteiger partial charge is 0.200 e. The zero-order valence-corrected chi connectivity index (χ0v) is 29.8. The molecule has 272 valence electrons. The molecule has 0 spiro atoms. The van der Waals surface area contributed by atoms with Gasteiger partial charge in [0.05, 0.1) is 0 Å². The van der Waals surface area contributed by atoms with Crippen LogP contribution in [-0.2, 0) is 4.65 Å². The van der Waals surface area contributed by atoms with Crippen LogP contribution in [0.1, 0.15) is 44.8 Å². The third-order valence-corrected chi connectivity index (χ3v) is 15.4. The normalized spacial score (nSPS) is 16.7. The Kier molecular flexibility index (Phi) is 9.67. The summed E-state index contributed by atoms with van der Waals surface area (Å²) in [4.78, 5) is 0. The zero-order chi connectivity index (χ0) is 38.2. The van der Waals surface area contributed by atoms with Crippen molar-refractivity contribution in [3.8, 4) is 0 Å². The average molecular weight is 748 g/mol. The van der Waals surface area contributed by atoms with Crippen LogP contribution in [0, 0.1) is 99.7 Å². The van der Waals surface area contributed by atoms with Gasteiger partial charge in [0.15, 0.2) is 47.1 Å². The molecule has 1 aliphatic rings. The van der Waals surface area contributed by atoms with Crippen molar-refractivity contribution in [1.82, 2.24) is 0 Å². The van der Waals surface area contributed by atoms with Crippen LogP contribution in [0.4, 0.5) is 43.9 Å². The average Bonchev–Trinajstić information content (AvgIpc) is 3.08. The van der Waals surface area contributed by atoms with Crippen molar-refractivity contribution in [2.45, 2.75) is 53.7 Å². The first-order valence-corrected chi connectivity index (χ1v) is 18.4. The molecule has 1 fully saturated rings. The van der Waals surface area contributed by atoms with Crippen LogP contribution < -0.4 is 21.5 Å². The third kappa shape index (κ3) is 5.47. The molecule has 1 atom stereocenters. The Balaban J connectivity index is 1.85. The number of hydrogen-bond acceptors (Lipinski definition) is 1. The molecule has 6 rings (SSSR count). The second-order valence-corrected chi connectivity index (χ2v) is 17.2. The molecule has 0 aliphatic carbocycles. The molecule has 0 radical (unpaired) electrons. The Hall–Kier alpha value is -4.15. The minimum absolute atomic E-state index is 0.263. The highest BCUT2D eigenvalue weighted by molar-refractivity contribution is 7.90. The molecule has 13 heteroatoms. The first kappa shape index (κ1) is 37.6. The van der Waals surface area contributed by atoms with E-state index in [0.29, 0.717) is 0 Å². The van der Waals surface area contributed by atoms with Crippen molar-refractivity contribution in [2.75, 3.05) is 6.16 Å². The highest BCUT2D eigenvalue weighted by Gasteiger charge is 2.61. The molecule has 0 saturated carbocycles. The molecule has 0 bridgehead atoms. The molecular formula is C39H32BF10OP. The zero-order valence-electron chi connectivity index (χ0n) is 28.9. The Bertz CT molecular complexity index is 2050. The Morgan fingerprint density at radius 2 is 0.827 bits per heavy atom. The molecule has 5 aromatic carbocycles. The number of aryl methyl sites for hydroxylation is 6. The van der Waals surface area contributed by atoms with Crippen LogP contribution in [0.5, 0.6) is 0 Å². The summed E-state index contributed by atoms with van der Waals surface area (Å²) in [6, 6.07) is 15.6. The van der Waals surface area contributed by atoms with E-state index in [2.05, 4.69) is 0 Å². The van der Waals surface area contributed by atoms with Crippen molar-refractivity contribution in [3.63, 3.8) is 0 Å². The molecule has 1 heterocycles. The van der Waals surface area contributed by atoms with Crippen LogP contribution in [0.15, 0.2) is 54.6 Å². The maximum absolute atomic E-state index is 16.1. The van der Waals surface area contributed by atoms with Gasteiger partial charge in [-0.05, 0) is 63.8 Å². The predicted octanol–water partition coefficient (Wildman–Crippen LogP) is 9.39. The minimum Gasteiger partial charge on any atom is -0.546 e. The second kappa shape index (κ2) is 13.4. The van der Waals surface area contributed by atoms with Gasteiger partial charge >= 0.3 is 0 Å². The van der Waals surface area contributed by atoms with Crippen LogP contribution in [-0.4, -0.2) is 12.5 Å². The Morgan fingerprint density at radius 1 is 0.500 bits per heavy atom. The highest BCUT2D eigenvalue weighted by atomic mass is 31.2. The largest absolute Gasteiger partial charge is 0.546 e. The molecule has 1 nitrogen and oxygen atoms in total. The van der Waals surface area contributed by atoms with Crippen molar-refractivity contribution >= 4 is 35.1 Å². The predicted molar refractivity (Wildman–Crippen MR) is 185 cm³/mol. The first-order valence-electron chi connectivity index (χ1n) is 16.4. The molecule has 1 unspecified atom stereocenters. The van der Waals surface area contributed by atoms with Gasteiger partial charge in [-0.1, -0.05) is 76.6 Å². The van der Waals surface area contributed by atoms with Gasteiger partial charge < -0.3 is 4.65 Å². The number of hydrogen-bond donors (Lipinski definition) is 0. The Morgan fingerprint density at radius 3 is 1.17 bits per heavy atom. The monoisotopic (exact) mass is 748 g/mol. The molecule has 0 amide bonds. The fourth-order valence-corrected chi connectivity index (χ4v) is 14.7. The molecular weight excluding hydrogens is 716 g/mol.